The van der Waals surface area contributed by atoms with Crippen LogP contribution in [0.25, 0.3) is 11.3 Å². The van der Waals surface area contributed by atoms with Gasteiger partial charge < -0.3 is 9.80 Å². The number of rotatable bonds is 4. The van der Waals surface area contributed by atoms with Gasteiger partial charge in [-0.1, -0.05) is 60.2 Å². The predicted molar refractivity (Wildman–Crippen MR) is 116 cm³/mol. The Bertz CT molecular complexity index is 1030. The third kappa shape index (κ3) is 4.27. The molecule has 0 aliphatic carbocycles. The SMILES string of the molecule is CC(=O)N1CCN(C(=O)c2cn(Cc3ccccc3)nc2-c2ccc(C)cc2)CC1. The molecule has 2 heterocycles. The molecule has 0 atom stereocenters. The van der Waals surface area contributed by atoms with Crippen LogP contribution >= 0.6 is 0 Å². The summed E-state index contributed by atoms with van der Waals surface area (Å²) in [6.45, 7) is 6.42. The van der Waals surface area contributed by atoms with E-state index in [2.05, 4.69) is 12.1 Å². The van der Waals surface area contributed by atoms with Crippen molar-refractivity contribution < 1.29 is 9.59 Å². The van der Waals surface area contributed by atoms with Gasteiger partial charge in [-0.3, -0.25) is 14.3 Å². The zero-order valence-electron chi connectivity index (χ0n) is 17.4. The number of piperazine rings is 1. The summed E-state index contributed by atoms with van der Waals surface area (Å²) >= 11 is 0. The Hall–Kier alpha value is -3.41. The van der Waals surface area contributed by atoms with E-state index in [1.165, 1.54) is 0 Å². The van der Waals surface area contributed by atoms with E-state index < -0.39 is 0 Å². The summed E-state index contributed by atoms with van der Waals surface area (Å²) in [6.07, 6.45) is 1.85. The summed E-state index contributed by atoms with van der Waals surface area (Å²) in [6, 6.07) is 18.2. The van der Waals surface area contributed by atoms with Crippen LogP contribution in [0.5, 0.6) is 0 Å². The fourth-order valence-corrected chi connectivity index (χ4v) is 3.75. The summed E-state index contributed by atoms with van der Waals surface area (Å²) in [4.78, 5) is 28.6. The summed E-state index contributed by atoms with van der Waals surface area (Å²) < 4.78 is 1.84. The Kier molecular flexibility index (Phi) is 5.65. The molecule has 0 radical (unpaired) electrons. The van der Waals surface area contributed by atoms with Gasteiger partial charge in [0.15, 0.2) is 0 Å². The molecule has 30 heavy (non-hydrogen) atoms. The van der Waals surface area contributed by atoms with Crippen LogP contribution in [0.4, 0.5) is 0 Å². The standard InChI is InChI=1S/C24H26N4O2/c1-18-8-10-21(11-9-18)23-22(17-28(25-23)16-20-6-4-3-5-7-20)24(30)27-14-12-26(13-15-27)19(2)29/h3-11,17H,12-16H2,1-2H3. The molecule has 0 bridgehead atoms. The first-order valence-corrected chi connectivity index (χ1v) is 10.2. The number of nitrogens with zero attached hydrogens (tertiary/aromatic N) is 4. The van der Waals surface area contributed by atoms with E-state index in [-0.39, 0.29) is 11.8 Å². The molecule has 0 saturated carbocycles. The van der Waals surface area contributed by atoms with Gasteiger partial charge in [-0.2, -0.15) is 5.10 Å². The second kappa shape index (κ2) is 8.53. The molecule has 1 saturated heterocycles. The molecule has 0 N–H and O–H groups in total. The lowest BCUT2D eigenvalue weighted by atomic mass is 10.1. The number of hydrogen-bond donors (Lipinski definition) is 0. The van der Waals surface area contributed by atoms with Crippen molar-refractivity contribution in [2.24, 2.45) is 0 Å². The smallest absolute Gasteiger partial charge is 0.257 e. The predicted octanol–water partition coefficient (Wildman–Crippen LogP) is 3.21. The second-order valence-electron chi connectivity index (χ2n) is 7.74. The number of amides is 2. The average molecular weight is 402 g/mol. The molecule has 4 rings (SSSR count). The Balaban J connectivity index is 1.64. The maximum absolute atomic E-state index is 13.4. The number of hydrogen-bond acceptors (Lipinski definition) is 3. The minimum atomic E-state index is -0.0342. The number of carbonyl (C=O) groups is 2. The Morgan fingerprint density at radius 3 is 2.17 bits per heavy atom. The van der Waals surface area contributed by atoms with E-state index in [9.17, 15) is 9.59 Å². The summed E-state index contributed by atoms with van der Waals surface area (Å²) in [5.41, 5.74) is 4.52. The van der Waals surface area contributed by atoms with Crippen LogP contribution in [0.15, 0.2) is 60.8 Å². The average Bonchev–Trinajstić information content (AvgIpc) is 3.18. The largest absolute Gasteiger partial charge is 0.339 e. The molecule has 1 fully saturated rings. The molecule has 0 unspecified atom stereocenters. The van der Waals surface area contributed by atoms with Crippen molar-refractivity contribution in [3.05, 3.63) is 77.5 Å². The highest BCUT2D eigenvalue weighted by atomic mass is 16.2. The zero-order chi connectivity index (χ0) is 21.1. The van der Waals surface area contributed by atoms with Crippen LogP contribution in [-0.2, 0) is 11.3 Å². The second-order valence-corrected chi connectivity index (χ2v) is 7.74. The highest BCUT2D eigenvalue weighted by Gasteiger charge is 2.27. The van der Waals surface area contributed by atoms with Crippen LogP contribution < -0.4 is 0 Å². The molecule has 154 valence electrons. The molecule has 1 aliphatic rings. The molecular weight excluding hydrogens is 376 g/mol. The first-order chi connectivity index (χ1) is 14.5. The summed E-state index contributed by atoms with van der Waals surface area (Å²) in [7, 11) is 0. The van der Waals surface area contributed by atoms with Gasteiger partial charge in [0, 0.05) is 44.9 Å². The number of carbonyl (C=O) groups excluding carboxylic acids is 2. The van der Waals surface area contributed by atoms with E-state index in [1.807, 2.05) is 65.2 Å². The lowest BCUT2D eigenvalue weighted by Crippen LogP contribution is -2.50. The lowest BCUT2D eigenvalue weighted by molar-refractivity contribution is -0.130. The fourth-order valence-electron chi connectivity index (χ4n) is 3.75. The maximum atomic E-state index is 13.4. The Morgan fingerprint density at radius 2 is 1.53 bits per heavy atom. The third-order valence-electron chi connectivity index (χ3n) is 5.52. The highest BCUT2D eigenvalue weighted by Crippen LogP contribution is 2.25. The van der Waals surface area contributed by atoms with Crippen LogP contribution in [-0.4, -0.2) is 57.6 Å². The van der Waals surface area contributed by atoms with Crippen molar-refractivity contribution in [2.45, 2.75) is 20.4 Å². The first-order valence-electron chi connectivity index (χ1n) is 10.2. The van der Waals surface area contributed by atoms with Crippen molar-refractivity contribution in [3.8, 4) is 11.3 Å². The molecule has 6 nitrogen and oxygen atoms in total. The Labute approximate surface area is 176 Å². The van der Waals surface area contributed by atoms with E-state index >= 15 is 0 Å². The van der Waals surface area contributed by atoms with Gasteiger partial charge >= 0.3 is 0 Å². The number of aryl methyl sites for hydroxylation is 1. The van der Waals surface area contributed by atoms with Gasteiger partial charge in [0.25, 0.3) is 5.91 Å². The molecule has 1 aromatic heterocycles. The number of benzene rings is 2. The van der Waals surface area contributed by atoms with Gasteiger partial charge in [-0.15, -0.1) is 0 Å². The van der Waals surface area contributed by atoms with E-state index in [0.717, 1.165) is 16.7 Å². The minimum absolute atomic E-state index is 0.0342. The monoisotopic (exact) mass is 402 g/mol. The van der Waals surface area contributed by atoms with Crippen molar-refractivity contribution in [1.82, 2.24) is 19.6 Å². The van der Waals surface area contributed by atoms with E-state index in [0.29, 0.717) is 44.0 Å². The fraction of sp³-hybridized carbons (Fsp3) is 0.292. The van der Waals surface area contributed by atoms with Crippen LogP contribution in [0.1, 0.15) is 28.4 Å². The van der Waals surface area contributed by atoms with Crippen LogP contribution in [0, 0.1) is 6.92 Å². The summed E-state index contributed by atoms with van der Waals surface area (Å²) in [5, 5.41) is 4.77. The molecule has 6 heteroatoms. The van der Waals surface area contributed by atoms with Crippen molar-refractivity contribution in [3.63, 3.8) is 0 Å². The Morgan fingerprint density at radius 1 is 0.900 bits per heavy atom. The molecule has 2 amide bonds. The van der Waals surface area contributed by atoms with Crippen molar-refractivity contribution in [2.75, 3.05) is 26.2 Å². The van der Waals surface area contributed by atoms with Gasteiger partial charge in [-0.25, -0.2) is 0 Å². The maximum Gasteiger partial charge on any atom is 0.257 e. The van der Waals surface area contributed by atoms with Crippen molar-refractivity contribution >= 4 is 11.8 Å². The topological polar surface area (TPSA) is 58.4 Å². The molecule has 0 spiro atoms. The molecule has 1 aliphatic heterocycles. The summed E-state index contributed by atoms with van der Waals surface area (Å²) in [5.74, 6) is 0.0196. The molecular formula is C24H26N4O2. The number of aromatic nitrogens is 2. The normalized spacial score (nSPS) is 14.1. The van der Waals surface area contributed by atoms with Crippen LogP contribution in [0.3, 0.4) is 0 Å². The van der Waals surface area contributed by atoms with Gasteiger partial charge in [-0.05, 0) is 12.5 Å². The quantitative estimate of drug-likeness (QED) is 0.673. The highest BCUT2D eigenvalue weighted by molar-refractivity contribution is 6.00. The van der Waals surface area contributed by atoms with Gasteiger partial charge in [0.05, 0.1) is 12.1 Å². The van der Waals surface area contributed by atoms with E-state index in [1.54, 1.807) is 11.8 Å². The molecule has 3 aromatic rings. The van der Waals surface area contributed by atoms with E-state index in [4.69, 9.17) is 5.10 Å². The van der Waals surface area contributed by atoms with Gasteiger partial charge in [0.2, 0.25) is 5.91 Å². The van der Waals surface area contributed by atoms with Crippen molar-refractivity contribution in [1.29, 1.82) is 0 Å². The third-order valence-corrected chi connectivity index (χ3v) is 5.52. The molecule has 2 aromatic carbocycles. The zero-order valence-corrected chi connectivity index (χ0v) is 17.4. The van der Waals surface area contributed by atoms with Gasteiger partial charge in [0.1, 0.15) is 5.69 Å². The minimum Gasteiger partial charge on any atom is -0.339 e. The van der Waals surface area contributed by atoms with Crippen LogP contribution in [0.2, 0.25) is 0 Å². The first kappa shape index (κ1) is 19.9. The lowest BCUT2D eigenvalue weighted by Gasteiger charge is -2.34.